The first-order valence-electron chi connectivity index (χ1n) is 8.71. The molecule has 0 saturated carbocycles. The SMILES string of the molecule is CC(C)(C)NC(=O)c1ccc(C2SCC(=O)N2Cc2ccccc2)cc1. The monoisotopic (exact) mass is 368 g/mol. The van der Waals surface area contributed by atoms with Gasteiger partial charge in [-0.25, -0.2) is 0 Å². The van der Waals surface area contributed by atoms with Gasteiger partial charge in [-0.1, -0.05) is 42.5 Å². The largest absolute Gasteiger partial charge is 0.347 e. The molecule has 1 aliphatic heterocycles. The molecule has 3 rings (SSSR count). The molecular formula is C21H24N2O2S. The van der Waals surface area contributed by atoms with Crippen molar-refractivity contribution in [2.45, 2.75) is 38.2 Å². The number of amides is 2. The Kier molecular flexibility index (Phi) is 5.37. The Bertz CT molecular complexity index is 782. The highest BCUT2D eigenvalue weighted by molar-refractivity contribution is 8.00. The molecule has 1 unspecified atom stereocenters. The summed E-state index contributed by atoms with van der Waals surface area (Å²) >= 11 is 1.63. The lowest BCUT2D eigenvalue weighted by molar-refractivity contribution is -0.128. The standard InChI is InChI=1S/C21H24N2O2S/c1-21(2,3)22-19(25)16-9-11-17(12-10-16)20-23(18(24)14-26-20)13-15-7-5-4-6-8-15/h4-12,20H,13-14H2,1-3H3,(H,22,25). The van der Waals surface area contributed by atoms with Crippen molar-refractivity contribution in [3.63, 3.8) is 0 Å². The molecule has 0 aliphatic carbocycles. The van der Waals surface area contributed by atoms with Crippen LogP contribution in [-0.2, 0) is 11.3 Å². The summed E-state index contributed by atoms with van der Waals surface area (Å²) in [5, 5.41) is 2.95. The molecule has 1 atom stereocenters. The van der Waals surface area contributed by atoms with E-state index in [4.69, 9.17) is 0 Å². The summed E-state index contributed by atoms with van der Waals surface area (Å²) in [6.45, 7) is 6.48. The van der Waals surface area contributed by atoms with E-state index in [1.807, 2.05) is 80.3 Å². The van der Waals surface area contributed by atoms with Crippen LogP contribution < -0.4 is 5.32 Å². The normalized spacial score (nSPS) is 17.4. The van der Waals surface area contributed by atoms with Gasteiger partial charge >= 0.3 is 0 Å². The molecule has 2 aromatic rings. The minimum Gasteiger partial charge on any atom is -0.347 e. The molecule has 2 aromatic carbocycles. The topological polar surface area (TPSA) is 49.4 Å². The third kappa shape index (κ3) is 4.47. The highest BCUT2D eigenvalue weighted by atomic mass is 32.2. The zero-order valence-electron chi connectivity index (χ0n) is 15.4. The van der Waals surface area contributed by atoms with Crippen molar-refractivity contribution in [1.29, 1.82) is 0 Å². The zero-order valence-corrected chi connectivity index (χ0v) is 16.2. The van der Waals surface area contributed by atoms with Gasteiger partial charge in [-0.05, 0) is 44.0 Å². The van der Waals surface area contributed by atoms with Crippen LogP contribution in [0.5, 0.6) is 0 Å². The molecule has 26 heavy (non-hydrogen) atoms. The van der Waals surface area contributed by atoms with Crippen molar-refractivity contribution in [2.75, 3.05) is 5.75 Å². The second-order valence-electron chi connectivity index (χ2n) is 7.50. The van der Waals surface area contributed by atoms with Gasteiger partial charge in [-0.15, -0.1) is 11.8 Å². The lowest BCUT2D eigenvalue weighted by Gasteiger charge is -2.25. The van der Waals surface area contributed by atoms with Gasteiger partial charge in [0.2, 0.25) is 5.91 Å². The van der Waals surface area contributed by atoms with Crippen molar-refractivity contribution in [2.24, 2.45) is 0 Å². The first-order chi connectivity index (χ1) is 12.3. The summed E-state index contributed by atoms with van der Waals surface area (Å²) in [5.74, 6) is 0.558. The van der Waals surface area contributed by atoms with Crippen LogP contribution in [0.2, 0.25) is 0 Å². The van der Waals surface area contributed by atoms with E-state index < -0.39 is 0 Å². The maximum atomic E-state index is 12.3. The third-order valence-corrected chi connectivity index (χ3v) is 5.37. The van der Waals surface area contributed by atoms with E-state index in [-0.39, 0.29) is 22.7 Å². The smallest absolute Gasteiger partial charge is 0.251 e. The average Bonchev–Trinajstić information content (AvgIpc) is 2.95. The molecule has 1 heterocycles. The fourth-order valence-corrected chi connectivity index (χ4v) is 4.08. The van der Waals surface area contributed by atoms with Crippen LogP contribution in [0.25, 0.3) is 0 Å². The second kappa shape index (κ2) is 7.54. The summed E-state index contributed by atoms with van der Waals surface area (Å²) < 4.78 is 0. The molecule has 0 bridgehead atoms. The fraction of sp³-hybridized carbons (Fsp3) is 0.333. The molecule has 2 amide bonds. The predicted octanol–water partition coefficient (Wildman–Crippen LogP) is 3.99. The van der Waals surface area contributed by atoms with E-state index in [1.54, 1.807) is 11.8 Å². The number of thioether (sulfide) groups is 1. The summed E-state index contributed by atoms with van der Waals surface area (Å²) in [7, 11) is 0. The Morgan fingerprint density at radius 1 is 1.12 bits per heavy atom. The van der Waals surface area contributed by atoms with Gasteiger partial charge in [0.05, 0.1) is 5.75 Å². The maximum absolute atomic E-state index is 12.3. The van der Waals surface area contributed by atoms with Crippen molar-refractivity contribution in [3.05, 3.63) is 71.3 Å². The predicted molar refractivity (Wildman–Crippen MR) is 106 cm³/mol. The van der Waals surface area contributed by atoms with Crippen LogP contribution in [0.15, 0.2) is 54.6 Å². The molecule has 1 saturated heterocycles. The first-order valence-corrected chi connectivity index (χ1v) is 9.76. The lowest BCUT2D eigenvalue weighted by atomic mass is 10.1. The van der Waals surface area contributed by atoms with Crippen molar-refractivity contribution in [1.82, 2.24) is 10.2 Å². The van der Waals surface area contributed by atoms with Gasteiger partial charge in [-0.2, -0.15) is 0 Å². The molecule has 0 aromatic heterocycles. The van der Waals surface area contributed by atoms with E-state index >= 15 is 0 Å². The molecule has 0 spiro atoms. The number of hydrogen-bond acceptors (Lipinski definition) is 3. The molecule has 1 fully saturated rings. The van der Waals surface area contributed by atoms with E-state index in [1.165, 1.54) is 0 Å². The quantitative estimate of drug-likeness (QED) is 0.888. The Balaban J connectivity index is 1.75. The zero-order chi connectivity index (χ0) is 18.7. The molecular weight excluding hydrogens is 344 g/mol. The Morgan fingerprint density at radius 3 is 2.38 bits per heavy atom. The average molecular weight is 369 g/mol. The molecule has 1 aliphatic rings. The van der Waals surface area contributed by atoms with Gasteiger partial charge in [0.25, 0.3) is 5.91 Å². The van der Waals surface area contributed by atoms with Gasteiger partial charge < -0.3 is 10.2 Å². The van der Waals surface area contributed by atoms with Gasteiger partial charge in [0.1, 0.15) is 5.37 Å². The first kappa shape index (κ1) is 18.5. The minimum atomic E-state index is -0.268. The van der Waals surface area contributed by atoms with Crippen LogP contribution in [-0.4, -0.2) is 28.0 Å². The summed E-state index contributed by atoms with van der Waals surface area (Å²) in [4.78, 5) is 26.5. The second-order valence-corrected chi connectivity index (χ2v) is 8.57. The summed E-state index contributed by atoms with van der Waals surface area (Å²) in [6, 6.07) is 17.6. The minimum absolute atomic E-state index is 0.0116. The number of rotatable bonds is 4. The van der Waals surface area contributed by atoms with Crippen molar-refractivity contribution >= 4 is 23.6 Å². The number of benzene rings is 2. The highest BCUT2D eigenvalue weighted by Gasteiger charge is 2.32. The molecule has 0 radical (unpaired) electrons. The van der Waals surface area contributed by atoms with E-state index in [9.17, 15) is 9.59 Å². The van der Waals surface area contributed by atoms with Crippen molar-refractivity contribution in [3.8, 4) is 0 Å². The Labute approximate surface area is 159 Å². The van der Waals surface area contributed by atoms with Gasteiger partial charge in [0, 0.05) is 17.6 Å². The maximum Gasteiger partial charge on any atom is 0.251 e. The number of hydrogen-bond donors (Lipinski definition) is 1. The highest BCUT2D eigenvalue weighted by Crippen LogP contribution is 2.39. The van der Waals surface area contributed by atoms with E-state index in [2.05, 4.69) is 5.32 Å². The van der Waals surface area contributed by atoms with Crippen LogP contribution in [0.3, 0.4) is 0 Å². The number of nitrogens with zero attached hydrogens (tertiary/aromatic N) is 1. The van der Waals surface area contributed by atoms with Crippen LogP contribution in [0.4, 0.5) is 0 Å². The van der Waals surface area contributed by atoms with Gasteiger partial charge in [-0.3, -0.25) is 9.59 Å². The molecule has 4 nitrogen and oxygen atoms in total. The third-order valence-electron chi connectivity index (χ3n) is 4.11. The van der Waals surface area contributed by atoms with Crippen LogP contribution in [0.1, 0.15) is 47.6 Å². The van der Waals surface area contributed by atoms with Crippen LogP contribution >= 0.6 is 11.8 Å². The lowest BCUT2D eigenvalue weighted by Crippen LogP contribution is -2.40. The Hall–Kier alpha value is -2.27. The van der Waals surface area contributed by atoms with Gasteiger partial charge in [0.15, 0.2) is 0 Å². The summed E-state index contributed by atoms with van der Waals surface area (Å²) in [6.07, 6.45) is 0. The number of carbonyl (C=O) groups is 2. The molecule has 136 valence electrons. The van der Waals surface area contributed by atoms with E-state index in [0.717, 1.165) is 11.1 Å². The summed E-state index contributed by atoms with van der Waals surface area (Å²) in [5.41, 5.74) is 2.53. The van der Waals surface area contributed by atoms with E-state index in [0.29, 0.717) is 17.9 Å². The molecule has 5 heteroatoms. The van der Waals surface area contributed by atoms with Crippen molar-refractivity contribution < 1.29 is 9.59 Å². The number of carbonyl (C=O) groups excluding carboxylic acids is 2. The van der Waals surface area contributed by atoms with Crippen LogP contribution in [0, 0.1) is 0 Å². The Morgan fingerprint density at radius 2 is 1.77 bits per heavy atom. The number of nitrogens with one attached hydrogen (secondary N) is 1. The fourth-order valence-electron chi connectivity index (χ4n) is 2.89. The molecule has 1 N–H and O–H groups in total.